The van der Waals surface area contributed by atoms with Crippen molar-refractivity contribution in [2.45, 2.75) is 31.7 Å². The molecule has 1 aliphatic carbocycles. The number of benzene rings is 1. The Hall–Kier alpha value is -3.42. The normalized spacial score (nSPS) is 15.1. The lowest BCUT2D eigenvalue weighted by Gasteiger charge is -2.10. The number of rotatable bonds is 2. The summed E-state index contributed by atoms with van der Waals surface area (Å²) in [6.07, 6.45) is 6.56. The summed E-state index contributed by atoms with van der Waals surface area (Å²) in [6, 6.07) is 7.70. The summed E-state index contributed by atoms with van der Waals surface area (Å²) in [5.41, 5.74) is 9.17. The Labute approximate surface area is 154 Å². The van der Waals surface area contributed by atoms with E-state index >= 15 is 0 Å². The van der Waals surface area contributed by atoms with Gasteiger partial charge in [0.2, 0.25) is 0 Å². The van der Waals surface area contributed by atoms with Gasteiger partial charge in [0.05, 0.1) is 16.9 Å². The molecule has 3 heterocycles. The molecule has 1 fully saturated rings. The van der Waals surface area contributed by atoms with E-state index in [1.807, 2.05) is 16.8 Å². The number of anilines is 1. The van der Waals surface area contributed by atoms with Crippen molar-refractivity contribution in [3.8, 4) is 11.3 Å². The van der Waals surface area contributed by atoms with E-state index < -0.39 is 6.09 Å². The van der Waals surface area contributed by atoms with Gasteiger partial charge < -0.3 is 10.8 Å². The van der Waals surface area contributed by atoms with Gasteiger partial charge in [-0.05, 0) is 31.0 Å². The molecule has 0 saturated heterocycles. The lowest BCUT2D eigenvalue weighted by Crippen LogP contribution is -2.07. The zero-order valence-electron chi connectivity index (χ0n) is 14.5. The molecule has 1 aliphatic rings. The van der Waals surface area contributed by atoms with Gasteiger partial charge in [-0.1, -0.05) is 18.9 Å². The van der Waals surface area contributed by atoms with Crippen LogP contribution in [-0.4, -0.2) is 35.5 Å². The van der Waals surface area contributed by atoms with E-state index in [1.165, 1.54) is 23.7 Å². The van der Waals surface area contributed by atoms with Crippen molar-refractivity contribution in [2.24, 2.45) is 0 Å². The third-order valence-electron chi connectivity index (χ3n) is 5.36. The Bertz CT molecular complexity index is 1190. The maximum atomic E-state index is 11.3. The second-order valence-corrected chi connectivity index (χ2v) is 6.93. The highest BCUT2D eigenvalue weighted by Crippen LogP contribution is 2.37. The molecule has 0 spiro atoms. The first-order chi connectivity index (χ1) is 13.1. The van der Waals surface area contributed by atoms with Crippen LogP contribution in [0.2, 0.25) is 0 Å². The molecule has 27 heavy (non-hydrogen) atoms. The maximum absolute atomic E-state index is 11.3. The van der Waals surface area contributed by atoms with Gasteiger partial charge in [-0.25, -0.2) is 19.4 Å². The molecule has 0 unspecified atom stereocenters. The lowest BCUT2D eigenvalue weighted by molar-refractivity contribution is 0.197. The standard InChI is InChI=1S/C19H18N6O2/c20-17-15-16(12-5-6-14-11(9-12)7-8-24(14)19(26)27)23-25(13-3-1-2-4-13)18(15)22-10-21-17/h5-10,13H,1-4H2,(H,26,27)(H2,20,21,22). The van der Waals surface area contributed by atoms with Crippen LogP contribution in [0.5, 0.6) is 0 Å². The van der Waals surface area contributed by atoms with Crippen LogP contribution in [0.15, 0.2) is 36.8 Å². The summed E-state index contributed by atoms with van der Waals surface area (Å²) in [5, 5.41) is 15.7. The third-order valence-corrected chi connectivity index (χ3v) is 5.36. The fourth-order valence-electron chi connectivity index (χ4n) is 4.06. The van der Waals surface area contributed by atoms with Crippen molar-refractivity contribution < 1.29 is 9.90 Å². The van der Waals surface area contributed by atoms with Gasteiger partial charge in [-0.2, -0.15) is 5.10 Å². The molecule has 4 aromatic rings. The predicted octanol–water partition coefficient (Wildman–Crippen LogP) is 3.67. The van der Waals surface area contributed by atoms with Gasteiger partial charge in [0, 0.05) is 17.1 Å². The van der Waals surface area contributed by atoms with Crippen LogP contribution in [0.3, 0.4) is 0 Å². The number of nitrogens with two attached hydrogens (primary N) is 1. The minimum absolute atomic E-state index is 0.326. The van der Waals surface area contributed by atoms with Crippen molar-refractivity contribution >= 4 is 33.8 Å². The molecule has 8 heteroatoms. The van der Waals surface area contributed by atoms with Crippen LogP contribution in [-0.2, 0) is 0 Å². The van der Waals surface area contributed by atoms with Crippen molar-refractivity contribution in [1.82, 2.24) is 24.3 Å². The molecule has 0 atom stereocenters. The van der Waals surface area contributed by atoms with E-state index in [1.54, 1.807) is 18.3 Å². The van der Waals surface area contributed by atoms with Crippen LogP contribution in [0.25, 0.3) is 33.2 Å². The van der Waals surface area contributed by atoms with E-state index in [9.17, 15) is 9.90 Å². The summed E-state index contributed by atoms with van der Waals surface area (Å²) in [7, 11) is 0. The van der Waals surface area contributed by atoms with E-state index in [0.717, 1.165) is 40.5 Å². The number of hydrogen-bond donors (Lipinski definition) is 2. The van der Waals surface area contributed by atoms with Crippen LogP contribution in [0, 0.1) is 0 Å². The lowest BCUT2D eigenvalue weighted by atomic mass is 10.1. The minimum Gasteiger partial charge on any atom is -0.464 e. The molecule has 0 aliphatic heterocycles. The highest BCUT2D eigenvalue weighted by molar-refractivity contribution is 6.00. The SMILES string of the molecule is Nc1ncnc2c1c(-c1ccc3c(ccn3C(=O)O)c1)nn2C1CCCC1. The van der Waals surface area contributed by atoms with Gasteiger partial charge >= 0.3 is 6.09 Å². The van der Waals surface area contributed by atoms with E-state index in [0.29, 0.717) is 17.4 Å². The highest BCUT2D eigenvalue weighted by atomic mass is 16.4. The number of nitrogens with zero attached hydrogens (tertiary/aromatic N) is 5. The molecule has 5 rings (SSSR count). The van der Waals surface area contributed by atoms with E-state index in [-0.39, 0.29) is 0 Å². The fraction of sp³-hybridized carbons (Fsp3) is 0.263. The number of hydrogen-bond acceptors (Lipinski definition) is 5. The van der Waals surface area contributed by atoms with Gasteiger partial charge in [0.15, 0.2) is 5.65 Å². The average Bonchev–Trinajstić information content (AvgIpc) is 3.39. The first-order valence-electron chi connectivity index (χ1n) is 8.97. The Morgan fingerprint density at radius 2 is 2.00 bits per heavy atom. The summed E-state index contributed by atoms with van der Waals surface area (Å²) >= 11 is 0. The molecule has 0 amide bonds. The second kappa shape index (κ2) is 5.80. The molecule has 1 aromatic carbocycles. The van der Waals surface area contributed by atoms with Crippen molar-refractivity contribution in [3.63, 3.8) is 0 Å². The Morgan fingerprint density at radius 3 is 2.78 bits per heavy atom. The molecular formula is C19H18N6O2. The van der Waals surface area contributed by atoms with Crippen LogP contribution < -0.4 is 5.73 Å². The van der Waals surface area contributed by atoms with Gasteiger partial charge in [-0.15, -0.1) is 0 Å². The Kier molecular flexibility index (Phi) is 3.40. The fourth-order valence-corrected chi connectivity index (χ4v) is 4.06. The average molecular weight is 362 g/mol. The number of fused-ring (bicyclic) bond motifs is 2. The highest BCUT2D eigenvalue weighted by Gasteiger charge is 2.24. The van der Waals surface area contributed by atoms with Crippen molar-refractivity contribution in [1.29, 1.82) is 0 Å². The zero-order chi connectivity index (χ0) is 18.5. The van der Waals surface area contributed by atoms with Crippen LogP contribution in [0.1, 0.15) is 31.7 Å². The Balaban J connectivity index is 1.73. The molecule has 0 bridgehead atoms. The topological polar surface area (TPSA) is 112 Å². The zero-order valence-corrected chi connectivity index (χ0v) is 14.5. The smallest absolute Gasteiger partial charge is 0.415 e. The summed E-state index contributed by atoms with van der Waals surface area (Å²) in [6.45, 7) is 0. The molecule has 3 aromatic heterocycles. The molecular weight excluding hydrogens is 344 g/mol. The maximum Gasteiger partial charge on any atom is 0.415 e. The summed E-state index contributed by atoms with van der Waals surface area (Å²) < 4.78 is 3.19. The Morgan fingerprint density at radius 1 is 1.19 bits per heavy atom. The predicted molar refractivity (Wildman–Crippen MR) is 102 cm³/mol. The van der Waals surface area contributed by atoms with Gasteiger partial charge in [0.1, 0.15) is 17.8 Å². The van der Waals surface area contributed by atoms with Crippen LogP contribution >= 0.6 is 0 Å². The monoisotopic (exact) mass is 362 g/mol. The molecule has 0 radical (unpaired) electrons. The molecule has 1 saturated carbocycles. The molecule has 136 valence electrons. The molecule has 8 nitrogen and oxygen atoms in total. The second-order valence-electron chi connectivity index (χ2n) is 6.93. The van der Waals surface area contributed by atoms with Gasteiger partial charge in [-0.3, -0.25) is 4.57 Å². The van der Waals surface area contributed by atoms with Crippen LogP contribution in [0.4, 0.5) is 10.6 Å². The summed E-state index contributed by atoms with van der Waals surface area (Å²) in [4.78, 5) is 19.9. The minimum atomic E-state index is -1.01. The van der Waals surface area contributed by atoms with E-state index in [4.69, 9.17) is 10.8 Å². The number of aromatic nitrogens is 5. The first kappa shape index (κ1) is 15.8. The molecule has 3 N–H and O–H groups in total. The number of nitrogen functional groups attached to an aromatic ring is 1. The largest absolute Gasteiger partial charge is 0.464 e. The number of carboxylic acid groups (broad SMARTS) is 1. The third kappa shape index (κ3) is 2.37. The van der Waals surface area contributed by atoms with Crippen molar-refractivity contribution in [3.05, 3.63) is 36.8 Å². The number of carbonyl (C=O) groups is 1. The van der Waals surface area contributed by atoms with Gasteiger partial charge in [0.25, 0.3) is 0 Å². The quantitative estimate of drug-likeness (QED) is 0.563. The first-order valence-corrected chi connectivity index (χ1v) is 8.97. The summed E-state index contributed by atoms with van der Waals surface area (Å²) in [5.74, 6) is 0.405. The van der Waals surface area contributed by atoms with Crippen molar-refractivity contribution in [2.75, 3.05) is 5.73 Å². The van der Waals surface area contributed by atoms with E-state index in [2.05, 4.69) is 9.97 Å².